The Labute approximate surface area is 109 Å². The SMILES string of the molecule is CCc1cccc2ccn(CCC(C)(C)C#N)c12. The van der Waals surface area contributed by atoms with Crippen molar-refractivity contribution < 1.29 is 0 Å². The van der Waals surface area contributed by atoms with E-state index in [0.717, 1.165) is 19.4 Å². The van der Waals surface area contributed by atoms with Crippen molar-refractivity contribution in [2.75, 3.05) is 0 Å². The Morgan fingerprint density at radius 3 is 2.72 bits per heavy atom. The first kappa shape index (κ1) is 12.7. The fourth-order valence-electron chi connectivity index (χ4n) is 2.27. The lowest BCUT2D eigenvalue weighted by atomic mass is 9.91. The molecule has 0 unspecified atom stereocenters. The van der Waals surface area contributed by atoms with E-state index >= 15 is 0 Å². The van der Waals surface area contributed by atoms with Crippen LogP contribution in [0.15, 0.2) is 30.5 Å². The molecule has 0 fully saturated rings. The van der Waals surface area contributed by atoms with Crippen LogP contribution < -0.4 is 0 Å². The first-order valence-corrected chi connectivity index (χ1v) is 6.55. The van der Waals surface area contributed by atoms with Gasteiger partial charge in [-0.1, -0.05) is 25.1 Å². The highest BCUT2D eigenvalue weighted by Crippen LogP contribution is 2.24. The molecule has 1 aromatic carbocycles. The summed E-state index contributed by atoms with van der Waals surface area (Å²) < 4.78 is 2.28. The average Bonchev–Trinajstić information content (AvgIpc) is 2.79. The topological polar surface area (TPSA) is 28.7 Å². The van der Waals surface area contributed by atoms with Gasteiger partial charge in [-0.3, -0.25) is 0 Å². The summed E-state index contributed by atoms with van der Waals surface area (Å²) in [7, 11) is 0. The van der Waals surface area contributed by atoms with E-state index < -0.39 is 0 Å². The Morgan fingerprint density at radius 2 is 2.06 bits per heavy atom. The maximum Gasteiger partial charge on any atom is 0.0684 e. The zero-order valence-corrected chi connectivity index (χ0v) is 11.4. The van der Waals surface area contributed by atoms with Crippen molar-refractivity contribution in [2.45, 2.75) is 40.2 Å². The lowest BCUT2D eigenvalue weighted by Crippen LogP contribution is -2.12. The molecule has 1 aromatic heterocycles. The van der Waals surface area contributed by atoms with Crippen LogP contribution in [0.3, 0.4) is 0 Å². The Balaban J connectivity index is 2.32. The molecule has 0 spiro atoms. The molecular formula is C16H20N2. The van der Waals surface area contributed by atoms with Gasteiger partial charge in [0.15, 0.2) is 0 Å². The number of nitrogens with zero attached hydrogens (tertiary/aromatic N) is 2. The number of benzene rings is 1. The molecule has 0 aliphatic carbocycles. The van der Waals surface area contributed by atoms with E-state index in [4.69, 9.17) is 5.26 Å². The molecule has 0 atom stereocenters. The van der Waals surface area contributed by atoms with E-state index in [1.54, 1.807) is 0 Å². The predicted octanol–water partition coefficient (Wildman–Crippen LogP) is 4.14. The molecule has 2 aromatic rings. The number of rotatable bonds is 4. The first-order valence-electron chi connectivity index (χ1n) is 6.55. The number of hydrogen-bond donors (Lipinski definition) is 0. The monoisotopic (exact) mass is 240 g/mol. The van der Waals surface area contributed by atoms with Crippen LogP contribution in [0.2, 0.25) is 0 Å². The van der Waals surface area contributed by atoms with Crippen LogP contribution in [0.5, 0.6) is 0 Å². The molecule has 1 heterocycles. The molecule has 2 nitrogen and oxygen atoms in total. The average molecular weight is 240 g/mol. The fraction of sp³-hybridized carbons (Fsp3) is 0.438. The summed E-state index contributed by atoms with van der Waals surface area (Å²) in [6, 6.07) is 11.0. The summed E-state index contributed by atoms with van der Waals surface area (Å²) in [5.74, 6) is 0. The van der Waals surface area contributed by atoms with Crippen LogP contribution in [-0.2, 0) is 13.0 Å². The second-order valence-corrected chi connectivity index (χ2v) is 5.46. The van der Waals surface area contributed by atoms with Crippen molar-refractivity contribution in [2.24, 2.45) is 5.41 Å². The molecule has 0 aliphatic heterocycles. The van der Waals surface area contributed by atoms with Crippen LogP contribution in [0.25, 0.3) is 10.9 Å². The van der Waals surface area contributed by atoms with Gasteiger partial charge in [0.25, 0.3) is 0 Å². The van der Waals surface area contributed by atoms with Crippen LogP contribution >= 0.6 is 0 Å². The van der Waals surface area contributed by atoms with Gasteiger partial charge in [-0.15, -0.1) is 0 Å². The minimum atomic E-state index is -0.252. The Hall–Kier alpha value is -1.75. The molecule has 94 valence electrons. The summed E-state index contributed by atoms with van der Waals surface area (Å²) in [4.78, 5) is 0. The van der Waals surface area contributed by atoms with Crippen molar-refractivity contribution in [1.29, 1.82) is 5.26 Å². The molecule has 2 rings (SSSR count). The van der Waals surface area contributed by atoms with Crippen LogP contribution in [0, 0.1) is 16.7 Å². The van der Waals surface area contributed by atoms with E-state index in [2.05, 4.69) is 48.0 Å². The van der Waals surface area contributed by atoms with Gasteiger partial charge in [0.2, 0.25) is 0 Å². The normalized spacial score (nSPS) is 11.7. The molecule has 0 saturated carbocycles. The predicted molar refractivity (Wildman–Crippen MR) is 75.3 cm³/mol. The molecular weight excluding hydrogens is 220 g/mol. The molecule has 2 heteroatoms. The smallest absolute Gasteiger partial charge is 0.0684 e. The zero-order chi connectivity index (χ0) is 13.2. The van der Waals surface area contributed by atoms with E-state index in [9.17, 15) is 0 Å². The fourth-order valence-corrected chi connectivity index (χ4v) is 2.27. The quantitative estimate of drug-likeness (QED) is 0.789. The minimum Gasteiger partial charge on any atom is -0.347 e. The van der Waals surface area contributed by atoms with Crippen LogP contribution in [0.4, 0.5) is 0 Å². The first-order chi connectivity index (χ1) is 8.57. The number of aryl methyl sites for hydroxylation is 2. The molecule has 0 aliphatic rings. The summed E-state index contributed by atoms with van der Waals surface area (Å²) in [6.07, 6.45) is 4.06. The molecule has 0 bridgehead atoms. The van der Waals surface area contributed by atoms with Gasteiger partial charge in [0.05, 0.1) is 17.0 Å². The Bertz CT molecular complexity index is 585. The Morgan fingerprint density at radius 1 is 1.28 bits per heavy atom. The Kier molecular flexibility index (Phi) is 3.43. The number of nitriles is 1. The molecule has 0 N–H and O–H groups in total. The second kappa shape index (κ2) is 4.86. The summed E-state index contributed by atoms with van der Waals surface area (Å²) >= 11 is 0. The molecule has 0 amide bonds. The van der Waals surface area contributed by atoms with Crippen molar-refractivity contribution >= 4 is 10.9 Å². The summed E-state index contributed by atoms with van der Waals surface area (Å²) in [6.45, 7) is 7.09. The molecule has 18 heavy (non-hydrogen) atoms. The minimum absolute atomic E-state index is 0.252. The third-order valence-corrected chi connectivity index (χ3v) is 3.53. The van der Waals surface area contributed by atoms with E-state index in [-0.39, 0.29) is 5.41 Å². The van der Waals surface area contributed by atoms with Crippen molar-refractivity contribution in [3.8, 4) is 6.07 Å². The van der Waals surface area contributed by atoms with Gasteiger partial charge in [-0.25, -0.2) is 0 Å². The van der Waals surface area contributed by atoms with Gasteiger partial charge in [0, 0.05) is 12.7 Å². The van der Waals surface area contributed by atoms with Crippen LogP contribution in [-0.4, -0.2) is 4.57 Å². The highest BCUT2D eigenvalue weighted by atomic mass is 15.0. The lowest BCUT2D eigenvalue weighted by molar-refractivity contribution is 0.417. The second-order valence-electron chi connectivity index (χ2n) is 5.46. The maximum atomic E-state index is 9.08. The van der Waals surface area contributed by atoms with Gasteiger partial charge < -0.3 is 4.57 Å². The summed E-state index contributed by atoms with van der Waals surface area (Å²) in [5, 5.41) is 10.4. The number of aromatic nitrogens is 1. The third-order valence-electron chi connectivity index (χ3n) is 3.53. The highest BCUT2D eigenvalue weighted by Gasteiger charge is 2.17. The van der Waals surface area contributed by atoms with Gasteiger partial charge in [-0.05, 0) is 43.7 Å². The van der Waals surface area contributed by atoms with Crippen molar-refractivity contribution in [3.05, 3.63) is 36.0 Å². The largest absolute Gasteiger partial charge is 0.347 e. The highest BCUT2D eigenvalue weighted by molar-refractivity contribution is 5.83. The van der Waals surface area contributed by atoms with Crippen molar-refractivity contribution in [1.82, 2.24) is 4.57 Å². The summed E-state index contributed by atoms with van der Waals surface area (Å²) in [5.41, 5.74) is 2.46. The molecule has 0 radical (unpaired) electrons. The third kappa shape index (κ3) is 2.41. The number of fused-ring (bicyclic) bond motifs is 1. The van der Waals surface area contributed by atoms with Crippen molar-refractivity contribution in [3.63, 3.8) is 0 Å². The maximum absolute atomic E-state index is 9.08. The van der Waals surface area contributed by atoms with Gasteiger partial charge >= 0.3 is 0 Å². The number of hydrogen-bond acceptors (Lipinski definition) is 1. The van der Waals surface area contributed by atoms with Gasteiger partial charge in [-0.2, -0.15) is 5.26 Å². The van der Waals surface area contributed by atoms with E-state index in [1.165, 1.54) is 16.5 Å². The zero-order valence-electron chi connectivity index (χ0n) is 11.4. The standard InChI is InChI=1S/C16H20N2/c1-4-13-6-5-7-14-8-10-18(15(13)14)11-9-16(2,3)12-17/h5-8,10H,4,9,11H2,1-3H3. The van der Waals surface area contributed by atoms with E-state index in [1.807, 2.05) is 13.8 Å². The van der Waals surface area contributed by atoms with Gasteiger partial charge in [0.1, 0.15) is 0 Å². The van der Waals surface area contributed by atoms with E-state index in [0.29, 0.717) is 0 Å². The molecule has 0 saturated heterocycles. The lowest BCUT2D eigenvalue weighted by Gasteiger charge is -2.16. The number of para-hydroxylation sites is 1. The van der Waals surface area contributed by atoms with Crippen LogP contribution in [0.1, 0.15) is 32.8 Å².